The molecule has 108 valence electrons. The second-order valence-electron chi connectivity index (χ2n) is 5.73. The van der Waals surface area contributed by atoms with E-state index >= 15 is 0 Å². The molecule has 0 radical (unpaired) electrons. The largest absolute Gasteiger partial charge is 0.323 e. The third kappa shape index (κ3) is 2.44. The number of rotatable bonds is 3. The van der Waals surface area contributed by atoms with Crippen LogP contribution in [0.4, 0.5) is 0 Å². The molecule has 0 bridgehead atoms. The molecule has 3 rings (SSSR count). The lowest BCUT2D eigenvalue weighted by atomic mass is 9.84. The molecule has 0 aliphatic heterocycles. The van der Waals surface area contributed by atoms with E-state index < -0.39 is 0 Å². The minimum Gasteiger partial charge on any atom is -0.323 e. The molecule has 2 aromatic rings. The zero-order valence-electron chi connectivity index (χ0n) is 11.8. The van der Waals surface area contributed by atoms with Gasteiger partial charge in [0.25, 0.3) is 0 Å². The van der Waals surface area contributed by atoms with E-state index in [0.717, 1.165) is 27.8 Å². The van der Waals surface area contributed by atoms with Crippen molar-refractivity contribution in [2.45, 2.75) is 50.9 Å². The maximum absolute atomic E-state index is 6.42. The molecule has 1 aliphatic rings. The van der Waals surface area contributed by atoms with Gasteiger partial charge in [-0.1, -0.05) is 43.9 Å². The molecule has 1 saturated carbocycles. The number of halogens is 2. The van der Waals surface area contributed by atoms with E-state index in [-0.39, 0.29) is 0 Å². The van der Waals surface area contributed by atoms with Gasteiger partial charge in [0.05, 0.1) is 21.9 Å². The van der Waals surface area contributed by atoms with Crippen LogP contribution < -0.4 is 0 Å². The molecule has 0 saturated heterocycles. The number of fused-ring (bicyclic) bond motifs is 1. The molecule has 1 fully saturated rings. The molecule has 2 atom stereocenters. The van der Waals surface area contributed by atoms with Crippen molar-refractivity contribution in [1.29, 1.82) is 0 Å². The first kappa shape index (κ1) is 14.2. The van der Waals surface area contributed by atoms with E-state index in [1.165, 1.54) is 32.1 Å². The average molecular weight is 311 g/mol. The van der Waals surface area contributed by atoms with Crippen molar-refractivity contribution in [2.24, 2.45) is 5.92 Å². The number of hydrogen-bond acceptors (Lipinski definition) is 1. The van der Waals surface area contributed by atoms with E-state index in [0.29, 0.717) is 11.9 Å². The van der Waals surface area contributed by atoms with Gasteiger partial charge in [0.1, 0.15) is 5.82 Å². The van der Waals surface area contributed by atoms with Gasteiger partial charge in [0, 0.05) is 6.04 Å². The van der Waals surface area contributed by atoms with Gasteiger partial charge < -0.3 is 4.57 Å². The molecule has 2 nitrogen and oxygen atoms in total. The lowest BCUT2D eigenvalue weighted by Gasteiger charge is -2.31. The third-order valence-corrected chi connectivity index (χ3v) is 5.10. The maximum atomic E-state index is 6.42. The minimum absolute atomic E-state index is 0.443. The molecule has 2 unspecified atom stereocenters. The number of imidazole rings is 1. The van der Waals surface area contributed by atoms with Crippen LogP contribution in [0, 0.1) is 5.92 Å². The van der Waals surface area contributed by atoms with Crippen molar-refractivity contribution in [1.82, 2.24) is 9.55 Å². The molecule has 1 heterocycles. The Hall–Kier alpha value is -0.730. The summed E-state index contributed by atoms with van der Waals surface area (Å²) in [5.74, 6) is 2.21. The van der Waals surface area contributed by atoms with Gasteiger partial charge in [0.15, 0.2) is 0 Å². The van der Waals surface area contributed by atoms with Crippen molar-refractivity contribution < 1.29 is 0 Å². The Morgan fingerprint density at radius 2 is 2.20 bits per heavy atom. The van der Waals surface area contributed by atoms with Crippen molar-refractivity contribution in [2.75, 3.05) is 0 Å². The van der Waals surface area contributed by atoms with E-state index in [1.807, 2.05) is 18.2 Å². The number of para-hydroxylation sites is 1. The van der Waals surface area contributed by atoms with Crippen LogP contribution in [0.3, 0.4) is 0 Å². The second kappa shape index (κ2) is 5.95. The highest BCUT2D eigenvalue weighted by Crippen LogP contribution is 2.38. The first-order valence-corrected chi connectivity index (χ1v) is 8.37. The second-order valence-corrected chi connectivity index (χ2v) is 6.41. The van der Waals surface area contributed by atoms with Gasteiger partial charge in [-0.2, -0.15) is 0 Å². The molecule has 1 aromatic carbocycles. The van der Waals surface area contributed by atoms with E-state index in [4.69, 9.17) is 23.2 Å². The molecule has 0 N–H and O–H groups in total. The van der Waals surface area contributed by atoms with Crippen molar-refractivity contribution in [3.05, 3.63) is 29.0 Å². The van der Waals surface area contributed by atoms with Gasteiger partial charge in [-0.15, -0.1) is 11.6 Å². The monoisotopic (exact) mass is 310 g/mol. The zero-order chi connectivity index (χ0) is 14.1. The van der Waals surface area contributed by atoms with Gasteiger partial charge in [0.2, 0.25) is 0 Å². The summed E-state index contributed by atoms with van der Waals surface area (Å²) in [6, 6.07) is 6.41. The van der Waals surface area contributed by atoms with Crippen molar-refractivity contribution in [3.63, 3.8) is 0 Å². The zero-order valence-corrected chi connectivity index (χ0v) is 13.3. The predicted molar refractivity (Wildman–Crippen MR) is 85.6 cm³/mol. The van der Waals surface area contributed by atoms with Gasteiger partial charge >= 0.3 is 0 Å². The molecule has 0 spiro atoms. The van der Waals surface area contributed by atoms with Crippen LogP contribution in [0.2, 0.25) is 5.02 Å². The van der Waals surface area contributed by atoms with Gasteiger partial charge in [-0.25, -0.2) is 4.98 Å². The predicted octanol–water partition coefficient (Wildman–Crippen LogP) is 5.57. The van der Waals surface area contributed by atoms with E-state index in [9.17, 15) is 0 Å². The lowest BCUT2D eigenvalue weighted by Crippen LogP contribution is -2.20. The van der Waals surface area contributed by atoms with Crippen LogP contribution >= 0.6 is 23.2 Å². The van der Waals surface area contributed by atoms with Crippen molar-refractivity contribution >= 4 is 34.2 Å². The first-order chi connectivity index (χ1) is 9.74. The fourth-order valence-electron chi connectivity index (χ4n) is 3.51. The Kier molecular flexibility index (Phi) is 4.23. The highest BCUT2D eigenvalue weighted by Gasteiger charge is 2.26. The van der Waals surface area contributed by atoms with E-state index in [2.05, 4.69) is 16.5 Å². The van der Waals surface area contributed by atoms with E-state index in [1.54, 1.807) is 0 Å². The SMILES string of the molecule is CCC1CCCC(n2c(CCl)nc3cccc(Cl)c32)C1. The summed E-state index contributed by atoms with van der Waals surface area (Å²) >= 11 is 12.5. The summed E-state index contributed by atoms with van der Waals surface area (Å²) in [6.07, 6.45) is 6.32. The summed E-state index contributed by atoms with van der Waals surface area (Å²) in [6.45, 7) is 2.29. The summed E-state index contributed by atoms with van der Waals surface area (Å²) in [5, 5.41) is 0.782. The van der Waals surface area contributed by atoms with Gasteiger partial charge in [-0.05, 0) is 30.9 Å². The number of benzene rings is 1. The molecule has 0 amide bonds. The summed E-state index contributed by atoms with van der Waals surface area (Å²) in [4.78, 5) is 4.66. The number of alkyl halides is 1. The van der Waals surface area contributed by atoms with Crippen LogP contribution in [-0.2, 0) is 5.88 Å². The maximum Gasteiger partial charge on any atom is 0.125 e. The standard InChI is InChI=1S/C16H20Cl2N2/c1-2-11-5-3-6-12(9-11)20-15(10-17)19-14-8-4-7-13(18)16(14)20/h4,7-8,11-12H,2-3,5-6,9-10H2,1H3. The fraction of sp³-hybridized carbons (Fsp3) is 0.562. The highest BCUT2D eigenvalue weighted by atomic mass is 35.5. The van der Waals surface area contributed by atoms with Crippen LogP contribution in [0.25, 0.3) is 11.0 Å². The van der Waals surface area contributed by atoms with Crippen LogP contribution in [0.1, 0.15) is 50.9 Å². The summed E-state index contributed by atoms with van der Waals surface area (Å²) in [7, 11) is 0. The summed E-state index contributed by atoms with van der Waals surface area (Å²) in [5.41, 5.74) is 2.03. The Balaban J connectivity index is 2.09. The molecular formula is C16H20Cl2N2. The van der Waals surface area contributed by atoms with Crippen LogP contribution in [0.5, 0.6) is 0 Å². The number of hydrogen-bond donors (Lipinski definition) is 0. The lowest BCUT2D eigenvalue weighted by molar-refractivity contribution is 0.262. The van der Waals surface area contributed by atoms with Crippen LogP contribution in [-0.4, -0.2) is 9.55 Å². The molecule has 1 aromatic heterocycles. The smallest absolute Gasteiger partial charge is 0.125 e. The quantitative estimate of drug-likeness (QED) is 0.678. The van der Waals surface area contributed by atoms with Gasteiger partial charge in [-0.3, -0.25) is 0 Å². The minimum atomic E-state index is 0.443. The summed E-state index contributed by atoms with van der Waals surface area (Å²) < 4.78 is 2.31. The Bertz CT molecular complexity index is 606. The normalized spacial score (nSPS) is 23.4. The Labute approximate surface area is 130 Å². The Morgan fingerprint density at radius 1 is 1.35 bits per heavy atom. The molecule has 1 aliphatic carbocycles. The molecular weight excluding hydrogens is 291 g/mol. The van der Waals surface area contributed by atoms with Crippen molar-refractivity contribution in [3.8, 4) is 0 Å². The number of aromatic nitrogens is 2. The fourth-order valence-corrected chi connectivity index (χ4v) is 3.96. The first-order valence-electron chi connectivity index (χ1n) is 7.45. The number of nitrogens with zero attached hydrogens (tertiary/aromatic N) is 2. The molecule has 4 heteroatoms. The molecule has 20 heavy (non-hydrogen) atoms. The average Bonchev–Trinajstić information content (AvgIpc) is 2.87. The van der Waals surface area contributed by atoms with Crippen LogP contribution in [0.15, 0.2) is 18.2 Å². The topological polar surface area (TPSA) is 17.8 Å². The highest BCUT2D eigenvalue weighted by molar-refractivity contribution is 6.35. The Morgan fingerprint density at radius 3 is 2.95 bits per heavy atom. The third-order valence-electron chi connectivity index (χ3n) is 4.55.